The number of benzene rings is 2. The van der Waals surface area contributed by atoms with Gasteiger partial charge in [0.25, 0.3) is 0 Å². The number of hydrogen-bond acceptors (Lipinski definition) is 2. The second-order valence-electron chi connectivity index (χ2n) is 3.98. The second-order valence-corrected chi connectivity index (χ2v) is 4.89. The summed E-state index contributed by atoms with van der Waals surface area (Å²) in [6.07, 6.45) is 0. The molecule has 2 rings (SSSR count). The largest absolute Gasteiger partial charge is 0.383 e. The molecule has 1 N–H and O–H groups in total. The van der Waals surface area contributed by atoms with Gasteiger partial charge < -0.3 is 10.1 Å². The van der Waals surface area contributed by atoms with E-state index in [1.807, 2.05) is 36.4 Å². The average molecular weight is 306 g/mol. The zero-order valence-corrected chi connectivity index (χ0v) is 11.7. The summed E-state index contributed by atoms with van der Waals surface area (Å²) in [6, 6.07) is 18.3. The summed E-state index contributed by atoms with van der Waals surface area (Å²) < 4.78 is 6.68. The van der Waals surface area contributed by atoms with E-state index < -0.39 is 0 Å². The topological polar surface area (TPSA) is 21.3 Å². The van der Waals surface area contributed by atoms with Gasteiger partial charge in [-0.15, -0.1) is 0 Å². The van der Waals surface area contributed by atoms with Crippen molar-refractivity contribution in [1.29, 1.82) is 0 Å². The SMILES string of the molecule is Brc1cccc(NCCOCc2ccccc2)c1. The van der Waals surface area contributed by atoms with E-state index in [0.29, 0.717) is 13.2 Å². The predicted octanol–water partition coefficient (Wildman–Crippen LogP) is 4.08. The van der Waals surface area contributed by atoms with Crippen LogP contribution in [-0.2, 0) is 11.3 Å². The number of hydrogen-bond donors (Lipinski definition) is 1. The zero-order chi connectivity index (χ0) is 12.6. The van der Waals surface area contributed by atoms with E-state index in [2.05, 4.69) is 39.4 Å². The first-order chi connectivity index (χ1) is 8.84. The molecule has 0 heterocycles. The van der Waals surface area contributed by atoms with Gasteiger partial charge in [-0.1, -0.05) is 52.3 Å². The predicted molar refractivity (Wildman–Crippen MR) is 78.7 cm³/mol. The van der Waals surface area contributed by atoms with E-state index in [0.717, 1.165) is 16.7 Å². The van der Waals surface area contributed by atoms with Crippen molar-refractivity contribution in [2.45, 2.75) is 6.61 Å². The highest BCUT2D eigenvalue weighted by atomic mass is 79.9. The van der Waals surface area contributed by atoms with E-state index in [9.17, 15) is 0 Å². The van der Waals surface area contributed by atoms with Gasteiger partial charge in [0.05, 0.1) is 13.2 Å². The van der Waals surface area contributed by atoms with Crippen molar-refractivity contribution in [3.63, 3.8) is 0 Å². The summed E-state index contributed by atoms with van der Waals surface area (Å²) >= 11 is 3.44. The molecule has 0 aliphatic heterocycles. The normalized spacial score (nSPS) is 10.3. The number of rotatable bonds is 6. The quantitative estimate of drug-likeness (QED) is 0.812. The maximum Gasteiger partial charge on any atom is 0.0717 e. The van der Waals surface area contributed by atoms with E-state index in [1.165, 1.54) is 5.56 Å². The standard InChI is InChI=1S/C15H16BrNO/c16-14-7-4-8-15(11-14)17-9-10-18-12-13-5-2-1-3-6-13/h1-8,11,17H,9-10,12H2. The summed E-state index contributed by atoms with van der Waals surface area (Å²) in [6.45, 7) is 2.17. The van der Waals surface area contributed by atoms with Crippen LogP contribution in [0.25, 0.3) is 0 Å². The fourth-order valence-electron chi connectivity index (χ4n) is 1.63. The van der Waals surface area contributed by atoms with Gasteiger partial charge in [0.15, 0.2) is 0 Å². The summed E-state index contributed by atoms with van der Waals surface area (Å²) in [5.74, 6) is 0. The van der Waals surface area contributed by atoms with Gasteiger partial charge in [-0.05, 0) is 23.8 Å². The van der Waals surface area contributed by atoms with E-state index in [4.69, 9.17) is 4.74 Å². The Morgan fingerprint density at radius 1 is 1.00 bits per heavy atom. The highest BCUT2D eigenvalue weighted by Gasteiger charge is 1.94. The fraction of sp³-hybridized carbons (Fsp3) is 0.200. The molecule has 0 aliphatic rings. The lowest BCUT2D eigenvalue weighted by molar-refractivity contribution is 0.130. The summed E-state index contributed by atoms with van der Waals surface area (Å²) in [5, 5.41) is 3.32. The maximum absolute atomic E-state index is 5.60. The number of halogens is 1. The van der Waals surface area contributed by atoms with Crippen LogP contribution < -0.4 is 5.32 Å². The molecule has 2 nitrogen and oxygen atoms in total. The molecule has 2 aromatic rings. The summed E-state index contributed by atoms with van der Waals surface area (Å²) in [7, 11) is 0. The molecule has 94 valence electrons. The monoisotopic (exact) mass is 305 g/mol. The molecule has 3 heteroatoms. The van der Waals surface area contributed by atoms with E-state index in [-0.39, 0.29) is 0 Å². The highest BCUT2D eigenvalue weighted by molar-refractivity contribution is 9.10. The molecule has 0 fully saturated rings. The van der Waals surface area contributed by atoms with Crippen LogP contribution in [0.2, 0.25) is 0 Å². The Balaban J connectivity index is 1.65. The average Bonchev–Trinajstić information content (AvgIpc) is 2.40. The second kappa shape index (κ2) is 7.19. The minimum Gasteiger partial charge on any atom is -0.383 e. The number of nitrogens with one attached hydrogen (secondary N) is 1. The van der Waals surface area contributed by atoms with Crippen molar-refractivity contribution in [1.82, 2.24) is 0 Å². The molecule has 0 saturated carbocycles. The molecule has 18 heavy (non-hydrogen) atoms. The van der Waals surface area contributed by atoms with Crippen LogP contribution in [0, 0.1) is 0 Å². The Labute approximate surface area is 116 Å². The molecular weight excluding hydrogens is 290 g/mol. The van der Waals surface area contributed by atoms with E-state index in [1.54, 1.807) is 0 Å². The number of ether oxygens (including phenoxy) is 1. The molecule has 2 aromatic carbocycles. The first-order valence-corrected chi connectivity index (χ1v) is 6.75. The molecule has 0 radical (unpaired) electrons. The summed E-state index contributed by atoms with van der Waals surface area (Å²) in [4.78, 5) is 0. The third-order valence-electron chi connectivity index (χ3n) is 2.51. The zero-order valence-electron chi connectivity index (χ0n) is 10.1. The van der Waals surface area contributed by atoms with E-state index >= 15 is 0 Å². The Morgan fingerprint density at radius 3 is 2.61 bits per heavy atom. The van der Waals surface area contributed by atoms with Gasteiger partial charge in [-0.3, -0.25) is 0 Å². The van der Waals surface area contributed by atoms with Crippen molar-refractivity contribution >= 4 is 21.6 Å². The lowest BCUT2D eigenvalue weighted by Crippen LogP contribution is -2.09. The lowest BCUT2D eigenvalue weighted by atomic mass is 10.2. The Hall–Kier alpha value is -1.32. The first kappa shape index (κ1) is 13.1. The molecule has 0 atom stereocenters. The van der Waals surface area contributed by atoms with Gasteiger partial charge in [-0.2, -0.15) is 0 Å². The van der Waals surface area contributed by atoms with Crippen LogP contribution in [0.3, 0.4) is 0 Å². The van der Waals surface area contributed by atoms with Crippen LogP contribution in [0.5, 0.6) is 0 Å². The molecule has 0 aromatic heterocycles. The van der Waals surface area contributed by atoms with Crippen LogP contribution >= 0.6 is 15.9 Å². The van der Waals surface area contributed by atoms with Gasteiger partial charge in [-0.25, -0.2) is 0 Å². The third kappa shape index (κ3) is 4.51. The highest BCUT2D eigenvalue weighted by Crippen LogP contribution is 2.15. The van der Waals surface area contributed by atoms with Crippen LogP contribution in [-0.4, -0.2) is 13.2 Å². The van der Waals surface area contributed by atoms with Crippen molar-refractivity contribution in [3.8, 4) is 0 Å². The molecular formula is C15H16BrNO. The molecule has 0 unspecified atom stereocenters. The van der Waals surface area contributed by atoms with Crippen LogP contribution in [0.15, 0.2) is 59.1 Å². The van der Waals surface area contributed by atoms with Crippen LogP contribution in [0.4, 0.5) is 5.69 Å². The van der Waals surface area contributed by atoms with Crippen molar-refractivity contribution in [3.05, 3.63) is 64.6 Å². The first-order valence-electron chi connectivity index (χ1n) is 5.96. The molecule has 0 spiro atoms. The smallest absolute Gasteiger partial charge is 0.0717 e. The van der Waals surface area contributed by atoms with Crippen LogP contribution in [0.1, 0.15) is 5.56 Å². The van der Waals surface area contributed by atoms with Crippen molar-refractivity contribution in [2.24, 2.45) is 0 Å². The molecule has 0 aliphatic carbocycles. The molecule has 0 amide bonds. The van der Waals surface area contributed by atoms with Crippen molar-refractivity contribution < 1.29 is 4.74 Å². The lowest BCUT2D eigenvalue weighted by Gasteiger charge is -2.07. The van der Waals surface area contributed by atoms with Crippen molar-refractivity contribution in [2.75, 3.05) is 18.5 Å². The Morgan fingerprint density at radius 2 is 1.83 bits per heavy atom. The fourth-order valence-corrected chi connectivity index (χ4v) is 2.03. The van der Waals surface area contributed by atoms with Gasteiger partial charge in [0.2, 0.25) is 0 Å². The number of anilines is 1. The molecule has 0 bridgehead atoms. The minimum absolute atomic E-state index is 0.668. The Kier molecular flexibility index (Phi) is 5.24. The van der Waals surface area contributed by atoms with Gasteiger partial charge in [0, 0.05) is 16.7 Å². The summed E-state index contributed by atoms with van der Waals surface area (Å²) in [5.41, 5.74) is 2.31. The Bertz CT molecular complexity index is 473. The van der Waals surface area contributed by atoms with Gasteiger partial charge >= 0.3 is 0 Å². The third-order valence-corrected chi connectivity index (χ3v) is 3.00. The minimum atomic E-state index is 0.668. The molecule has 0 saturated heterocycles. The maximum atomic E-state index is 5.60. The van der Waals surface area contributed by atoms with Gasteiger partial charge in [0.1, 0.15) is 0 Å².